The molecule has 2 fully saturated rings. The van der Waals surface area contributed by atoms with Gasteiger partial charge in [-0.3, -0.25) is 0 Å². The van der Waals surface area contributed by atoms with E-state index in [0.29, 0.717) is 11.8 Å². The normalized spacial score (nSPS) is 29.6. The summed E-state index contributed by atoms with van der Waals surface area (Å²) < 4.78 is 0. The average Bonchev–Trinajstić information content (AvgIpc) is 3.49. The molecule has 2 aromatic carbocycles. The van der Waals surface area contributed by atoms with E-state index in [0.717, 1.165) is 35.5 Å². The maximum absolute atomic E-state index is 4.93. The molecule has 2 saturated carbocycles. The van der Waals surface area contributed by atoms with Crippen LogP contribution in [0.4, 0.5) is 0 Å². The van der Waals surface area contributed by atoms with Gasteiger partial charge < -0.3 is 59.7 Å². The quantitative estimate of drug-likeness (QED) is 0.328. The minimum absolute atomic E-state index is 0.649. The SMILES string of the molecule is CC1CCC(C(C)C)C([c-]2[c-][c-][c-][c-]2)C1.CC1CCC(C(C)C)C([c-]2[c-][c-][c-][c-]2)C1.[Cl][Zr][Cl]. The minimum atomic E-state index is -0.826. The predicted octanol–water partition coefficient (Wildman–Crippen LogP) is 8.94. The zero-order chi connectivity index (χ0) is 24.4. The molecule has 0 saturated heterocycles. The topological polar surface area (TPSA) is 0 Å². The molecule has 0 amide bonds. The van der Waals surface area contributed by atoms with E-state index < -0.39 is 20.8 Å². The van der Waals surface area contributed by atoms with Gasteiger partial charge >= 0.3 is 37.9 Å². The Kier molecular flexibility index (Phi) is 13.6. The summed E-state index contributed by atoms with van der Waals surface area (Å²) in [6, 6.07) is 24.3. The summed E-state index contributed by atoms with van der Waals surface area (Å²) in [4.78, 5) is 0. The van der Waals surface area contributed by atoms with E-state index in [-0.39, 0.29) is 0 Å². The summed E-state index contributed by atoms with van der Waals surface area (Å²) in [6.07, 6.45) is 8.07. The van der Waals surface area contributed by atoms with Gasteiger partial charge in [-0.15, -0.1) is 0 Å². The molecule has 186 valence electrons. The predicted molar refractivity (Wildman–Crippen MR) is 135 cm³/mol. The third kappa shape index (κ3) is 9.28. The molecule has 2 aliphatic rings. The Balaban J connectivity index is 0.000000209. The molecule has 2 aliphatic carbocycles. The standard InChI is InChI=1S/2C15H19.2ClH.Zr/c2*1-11(2)14-9-8-12(3)10-15(14)13-6-4-5-7-13;;;/h2*11-12,14-15H,8-10H2,1-3H3;2*1H;/q2*-5;;;+2/p-2. The molecule has 0 heterocycles. The summed E-state index contributed by atoms with van der Waals surface area (Å²) in [5.41, 5.74) is 2.44. The van der Waals surface area contributed by atoms with Crippen LogP contribution in [0.25, 0.3) is 0 Å². The van der Waals surface area contributed by atoms with E-state index in [9.17, 15) is 0 Å². The van der Waals surface area contributed by atoms with Gasteiger partial charge in [0.2, 0.25) is 0 Å². The Labute approximate surface area is 223 Å². The number of hydrogen-bond acceptors (Lipinski definition) is 0. The maximum atomic E-state index is 4.93. The molecule has 6 unspecified atom stereocenters. The molecular formula is C30H38Cl2Zr-10. The average molecular weight is 561 g/mol. The van der Waals surface area contributed by atoms with E-state index in [1.54, 1.807) is 0 Å². The van der Waals surface area contributed by atoms with Gasteiger partial charge in [0.1, 0.15) is 0 Å². The molecule has 33 heavy (non-hydrogen) atoms. The van der Waals surface area contributed by atoms with Crippen LogP contribution in [-0.2, 0) is 20.8 Å². The number of hydrogen-bond donors (Lipinski definition) is 0. The van der Waals surface area contributed by atoms with Gasteiger partial charge in [-0.25, -0.2) is 11.8 Å². The van der Waals surface area contributed by atoms with Crippen molar-refractivity contribution in [2.75, 3.05) is 0 Å². The van der Waals surface area contributed by atoms with Gasteiger partial charge in [-0.05, 0) is 23.7 Å². The van der Waals surface area contributed by atoms with E-state index in [1.165, 1.54) is 49.7 Å². The third-order valence-electron chi connectivity index (χ3n) is 7.70. The van der Waals surface area contributed by atoms with Gasteiger partial charge in [-0.1, -0.05) is 91.9 Å². The summed E-state index contributed by atoms with van der Waals surface area (Å²) in [7, 11) is 9.87. The fraction of sp³-hybridized carbons (Fsp3) is 0.667. The number of rotatable bonds is 4. The van der Waals surface area contributed by atoms with Crippen molar-refractivity contribution >= 4 is 17.0 Å². The van der Waals surface area contributed by atoms with Gasteiger partial charge in [0, 0.05) is 0 Å². The Morgan fingerprint density at radius 2 is 0.939 bits per heavy atom. The molecule has 3 heteroatoms. The first kappa shape index (κ1) is 29.4. The summed E-state index contributed by atoms with van der Waals surface area (Å²) >= 11 is -0.826. The van der Waals surface area contributed by atoms with E-state index in [1.807, 2.05) is 0 Å². The van der Waals surface area contributed by atoms with Crippen molar-refractivity contribution in [3.63, 3.8) is 0 Å². The van der Waals surface area contributed by atoms with Crippen LogP contribution in [0, 0.1) is 84.0 Å². The Morgan fingerprint density at radius 1 is 0.636 bits per heavy atom. The first-order chi connectivity index (χ1) is 15.8. The second-order valence-electron chi connectivity index (χ2n) is 10.8. The second kappa shape index (κ2) is 15.3. The van der Waals surface area contributed by atoms with Gasteiger partial charge in [0.25, 0.3) is 0 Å². The zero-order valence-corrected chi connectivity index (χ0v) is 25.1. The number of halogens is 2. The summed E-state index contributed by atoms with van der Waals surface area (Å²) in [5.74, 6) is 6.13. The molecule has 6 atom stereocenters. The molecule has 0 aromatic heterocycles. The Hall–Kier alpha value is 0.163. The monoisotopic (exact) mass is 558 g/mol. The van der Waals surface area contributed by atoms with Crippen molar-refractivity contribution in [3.05, 3.63) is 59.7 Å². The summed E-state index contributed by atoms with van der Waals surface area (Å²) in [6.45, 7) is 14.1. The molecule has 0 spiro atoms. The Bertz CT molecular complexity index is 656. The molecule has 2 aromatic rings. The van der Waals surface area contributed by atoms with E-state index in [4.69, 9.17) is 17.0 Å². The fourth-order valence-corrected chi connectivity index (χ4v) is 5.90. The van der Waals surface area contributed by atoms with Crippen LogP contribution in [0.15, 0.2) is 0 Å². The second-order valence-corrected chi connectivity index (χ2v) is 14.5. The van der Waals surface area contributed by atoms with Crippen LogP contribution in [0.2, 0.25) is 0 Å². The molecule has 0 nitrogen and oxygen atoms in total. The molecule has 4 rings (SSSR count). The van der Waals surface area contributed by atoms with Crippen LogP contribution in [0.1, 0.15) is 103 Å². The summed E-state index contributed by atoms with van der Waals surface area (Å²) in [5, 5.41) is 0. The van der Waals surface area contributed by atoms with Crippen LogP contribution in [0.5, 0.6) is 0 Å². The van der Waals surface area contributed by atoms with Gasteiger partial charge in [0.05, 0.1) is 0 Å². The fourth-order valence-electron chi connectivity index (χ4n) is 5.90. The first-order valence-corrected chi connectivity index (χ1v) is 18.8. The van der Waals surface area contributed by atoms with Crippen LogP contribution >= 0.6 is 17.0 Å². The van der Waals surface area contributed by atoms with Crippen LogP contribution in [0.3, 0.4) is 0 Å². The van der Waals surface area contributed by atoms with Crippen LogP contribution in [-0.4, -0.2) is 0 Å². The third-order valence-corrected chi connectivity index (χ3v) is 7.70. The van der Waals surface area contributed by atoms with E-state index >= 15 is 0 Å². The van der Waals surface area contributed by atoms with Crippen molar-refractivity contribution in [2.24, 2.45) is 35.5 Å². The van der Waals surface area contributed by atoms with E-state index in [2.05, 4.69) is 90.1 Å². The van der Waals surface area contributed by atoms with Crippen molar-refractivity contribution in [2.45, 2.75) is 91.9 Å². The van der Waals surface area contributed by atoms with Crippen molar-refractivity contribution < 1.29 is 20.8 Å². The van der Waals surface area contributed by atoms with Crippen molar-refractivity contribution in [3.8, 4) is 0 Å². The first-order valence-electron chi connectivity index (χ1n) is 12.5. The van der Waals surface area contributed by atoms with Crippen molar-refractivity contribution in [1.82, 2.24) is 0 Å². The zero-order valence-electron chi connectivity index (χ0n) is 21.1. The van der Waals surface area contributed by atoms with Gasteiger partial charge in [-0.2, -0.15) is 0 Å². The molecule has 0 N–H and O–H groups in total. The molecule has 0 bridgehead atoms. The van der Waals surface area contributed by atoms with Gasteiger partial charge in [0.15, 0.2) is 0 Å². The molecule has 0 aliphatic heterocycles. The Morgan fingerprint density at radius 3 is 1.21 bits per heavy atom. The van der Waals surface area contributed by atoms with Crippen LogP contribution < -0.4 is 0 Å². The van der Waals surface area contributed by atoms with Crippen molar-refractivity contribution in [1.29, 1.82) is 0 Å². The molecular weight excluding hydrogens is 522 g/mol. The molecule has 0 radical (unpaired) electrons.